The van der Waals surface area contributed by atoms with Crippen LogP contribution < -0.4 is 5.73 Å². The van der Waals surface area contributed by atoms with Crippen LogP contribution in [0.5, 0.6) is 0 Å². The van der Waals surface area contributed by atoms with Gasteiger partial charge in [-0.2, -0.15) is 0 Å². The highest BCUT2D eigenvalue weighted by molar-refractivity contribution is 4.71. The molecule has 0 radical (unpaired) electrons. The van der Waals surface area contributed by atoms with Gasteiger partial charge >= 0.3 is 0 Å². The predicted octanol–water partition coefficient (Wildman–Crippen LogP) is 0.0450. The molecule has 3 N–H and O–H groups in total. The highest BCUT2D eigenvalue weighted by Crippen LogP contribution is 2.28. The van der Waals surface area contributed by atoms with Crippen molar-refractivity contribution in [2.75, 3.05) is 19.8 Å². The van der Waals surface area contributed by atoms with Gasteiger partial charge in [0.05, 0.1) is 13.2 Å². The summed E-state index contributed by atoms with van der Waals surface area (Å²) in [7, 11) is 0. The van der Waals surface area contributed by atoms with E-state index in [1.165, 1.54) is 12.8 Å². The molecular weight excluding hydrogens is 114 g/mol. The third-order valence-corrected chi connectivity index (χ3v) is 1.59. The maximum Gasteiger partial charge on any atom is 0.0762 e. The van der Waals surface area contributed by atoms with E-state index in [0.717, 1.165) is 32.1 Å². The van der Waals surface area contributed by atoms with Gasteiger partial charge in [0.1, 0.15) is 0 Å². The Hall–Kier alpha value is -0.0800. The summed E-state index contributed by atoms with van der Waals surface area (Å²) in [6.45, 7) is 2.92. The molecule has 2 heteroatoms. The normalized spacial score (nSPS) is 18.3. The zero-order chi connectivity index (χ0) is 6.53. The van der Waals surface area contributed by atoms with Gasteiger partial charge in [0.15, 0.2) is 0 Å². The predicted molar refractivity (Wildman–Crippen MR) is 35.9 cm³/mol. The molecule has 0 atom stereocenters. The van der Waals surface area contributed by atoms with Gasteiger partial charge in [0.2, 0.25) is 0 Å². The van der Waals surface area contributed by atoms with Crippen molar-refractivity contribution in [3.8, 4) is 0 Å². The molecular formula is C7H16NO+. The number of hydrogen-bond donors (Lipinski definition) is 1. The topological polar surface area (TPSA) is 36.9 Å². The second kappa shape index (κ2) is 3.85. The summed E-state index contributed by atoms with van der Waals surface area (Å²) in [5.41, 5.74) is 3.74. The standard InChI is InChI=1S/C7H15NO/c8-4-1-5-9-6-7-2-3-7/h7H,1-6,8H2/p+1. The lowest BCUT2D eigenvalue weighted by Gasteiger charge is -1.98. The second-order valence-corrected chi connectivity index (χ2v) is 2.73. The first-order valence-electron chi connectivity index (χ1n) is 3.80. The largest absolute Gasteiger partial charge is 0.381 e. The van der Waals surface area contributed by atoms with Crippen molar-refractivity contribution < 1.29 is 10.5 Å². The van der Waals surface area contributed by atoms with Crippen molar-refractivity contribution in [3.63, 3.8) is 0 Å². The van der Waals surface area contributed by atoms with E-state index in [4.69, 9.17) is 4.74 Å². The number of rotatable bonds is 5. The van der Waals surface area contributed by atoms with Crippen LogP contribution in [-0.4, -0.2) is 19.8 Å². The summed E-state index contributed by atoms with van der Waals surface area (Å²) in [5, 5.41) is 0. The lowest BCUT2D eigenvalue weighted by Crippen LogP contribution is -2.50. The molecule has 0 aromatic heterocycles. The molecule has 2 nitrogen and oxygen atoms in total. The van der Waals surface area contributed by atoms with Crippen LogP contribution in [0.4, 0.5) is 0 Å². The van der Waals surface area contributed by atoms with Crippen LogP contribution in [-0.2, 0) is 4.74 Å². The molecule has 1 saturated carbocycles. The number of ether oxygens (including phenoxy) is 1. The quantitative estimate of drug-likeness (QED) is 0.524. The van der Waals surface area contributed by atoms with Crippen LogP contribution in [0.1, 0.15) is 19.3 Å². The molecule has 1 rings (SSSR count). The maximum absolute atomic E-state index is 5.36. The van der Waals surface area contributed by atoms with E-state index >= 15 is 0 Å². The lowest BCUT2D eigenvalue weighted by molar-refractivity contribution is -0.369. The van der Waals surface area contributed by atoms with Crippen molar-refractivity contribution in [1.29, 1.82) is 0 Å². The Morgan fingerprint density at radius 3 is 2.78 bits per heavy atom. The van der Waals surface area contributed by atoms with E-state index in [2.05, 4.69) is 5.73 Å². The first kappa shape index (κ1) is 7.03. The molecule has 54 valence electrons. The number of hydrogen-bond acceptors (Lipinski definition) is 1. The molecule has 0 saturated heterocycles. The van der Waals surface area contributed by atoms with E-state index in [1.54, 1.807) is 0 Å². The highest BCUT2D eigenvalue weighted by atomic mass is 16.5. The first-order chi connectivity index (χ1) is 4.43. The third kappa shape index (κ3) is 3.49. The summed E-state index contributed by atoms with van der Waals surface area (Å²) in [5.74, 6) is 0.912. The molecule has 0 amide bonds. The monoisotopic (exact) mass is 130 g/mol. The Balaban J connectivity index is 1.71. The molecule has 0 aromatic carbocycles. The Morgan fingerprint density at radius 1 is 1.44 bits per heavy atom. The molecule has 9 heavy (non-hydrogen) atoms. The van der Waals surface area contributed by atoms with Crippen LogP contribution >= 0.6 is 0 Å². The molecule has 1 aliphatic rings. The van der Waals surface area contributed by atoms with E-state index in [9.17, 15) is 0 Å². The van der Waals surface area contributed by atoms with Crippen molar-refractivity contribution in [3.05, 3.63) is 0 Å². The van der Waals surface area contributed by atoms with Crippen molar-refractivity contribution in [1.82, 2.24) is 0 Å². The van der Waals surface area contributed by atoms with Crippen molar-refractivity contribution in [2.45, 2.75) is 19.3 Å². The van der Waals surface area contributed by atoms with E-state index in [-0.39, 0.29) is 0 Å². The zero-order valence-electron chi connectivity index (χ0n) is 5.94. The number of quaternary nitrogens is 1. The van der Waals surface area contributed by atoms with Gasteiger partial charge in [-0.1, -0.05) is 0 Å². The molecule has 1 fully saturated rings. The smallest absolute Gasteiger partial charge is 0.0762 e. The van der Waals surface area contributed by atoms with Crippen molar-refractivity contribution in [2.24, 2.45) is 5.92 Å². The molecule has 0 spiro atoms. The molecule has 0 aromatic rings. The Morgan fingerprint density at radius 2 is 2.22 bits per heavy atom. The highest BCUT2D eigenvalue weighted by Gasteiger charge is 2.20. The minimum atomic E-state index is 0.912. The van der Waals surface area contributed by atoms with Crippen LogP contribution in [0.25, 0.3) is 0 Å². The van der Waals surface area contributed by atoms with Gasteiger partial charge in [-0.3, -0.25) is 0 Å². The minimum absolute atomic E-state index is 0.912. The fourth-order valence-electron chi connectivity index (χ4n) is 0.739. The molecule has 0 heterocycles. The Kier molecular flexibility index (Phi) is 3.01. The van der Waals surface area contributed by atoms with Gasteiger partial charge in [0, 0.05) is 13.0 Å². The van der Waals surface area contributed by atoms with Crippen molar-refractivity contribution >= 4 is 0 Å². The van der Waals surface area contributed by atoms with Gasteiger partial charge < -0.3 is 10.5 Å². The lowest BCUT2D eigenvalue weighted by atomic mass is 10.4. The van der Waals surface area contributed by atoms with Crippen LogP contribution in [0.2, 0.25) is 0 Å². The summed E-state index contributed by atoms with van der Waals surface area (Å²) < 4.78 is 5.36. The second-order valence-electron chi connectivity index (χ2n) is 2.73. The van der Waals surface area contributed by atoms with E-state index in [0.29, 0.717) is 0 Å². The van der Waals surface area contributed by atoms with Gasteiger partial charge in [-0.25, -0.2) is 0 Å². The summed E-state index contributed by atoms with van der Waals surface area (Å²) in [6, 6.07) is 0. The Labute approximate surface area is 56.4 Å². The fraction of sp³-hybridized carbons (Fsp3) is 1.00. The average Bonchev–Trinajstić information content (AvgIpc) is 2.63. The summed E-state index contributed by atoms with van der Waals surface area (Å²) in [6.07, 6.45) is 3.90. The van der Waals surface area contributed by atoms with Gasteiger partial charge in [-0.15, -0.1) is 0 Å². The average molecular weight is 130 g/mol. The van der Waals surface area contributed by atoms with Gasteiger partial charge in [0.25, 0.3) is 0 Å². The van der Waals surface area contributed by atoms with Gasteiger partial charge in [-0.05, 0) is 18.8 Å². The summed E-state index contributed by atoms with van der Waals surface area (Å²) >= 11 is 0. The SMILES string of the molecule is [NH3+]CCCOCC1CC1. The molecule has 0 bridgehead atoms. The van der Waals surface area contributed by atoms with E-state index < -0.39 is 0 Å². The fourth-order valence-corrected chi connectivity index (χ4v) is 0.739. The molecule has 0 aliphatic heterocycles. The van der Waals surface area contributed by atoms with Crippen LogP contribution in [0.15, 0.2) is 0 Å². The van der Waals surface area contributed by atoms with Crippen LogP contribution in [0.3, 0.4) is 0 Å². The molecule has 0 unspecified atom stereocenters. The molecule has 1 aliphatic carbocycles. The van der Waals surface area contributed by atoms with E-state index in [1.807, 2.05) is 0 Å². The third-order valence-electron chi connectivity index (χ3n) is 1.59. The maximum atomic E-state index is 5.36. The summed E-state index contributed by atoms with van der Waals surface area (Å²) in [4.78, 5) is 0. The minimum Gasteiger partial charge on any atom is -0.381 e. The first-order valence-corrected chi connectivity index (χ1v) is 3.80. The van der Waals surface area contributed by atoms with Crippen LogP contribution in [0, 0.1) is 5.92 Å². The zero-order valence-corrected chi connectivity index (χ0v) is 5.94. The Bertz CT molecular complexity index is 71.3.